The Morgan fingerprint density at radius 2 is 1.72 bits per heavy atom. The summed E-state index contributed by atoms with van der Waals surface area (Å²) in [6.07, 6.45) is 3.52. The van der Waals surface area contributed by atoms with Crippen LogP contribution >= 0.6 is 11.6 Å². The second-order valence-corrected chi connectivity index (χ2v) is 3.72. The van der Waals surface area contributed by atoms with Crippen molar-refractivity contribution in [3.05, 3.63) is 28.4 Å². The summed E-state index contributed by atoms with van der Waals surface area (Å²) in [7, 11) is 0. The Hall–Kier alpha value is -2.11. The van der Waals surface area contributed by atoms with Crippen LogP contribution in [0.15, 0.2) is 6.20 Å². The van der Waals surface area contributed by atoms with Crippen LogP contribution < -0.4 is 0 Å². The maximum atomic E-state index is 8.85. The van der Waals surface area contributed by atoms with E-state index in [0.717, 1.165) is 13.1 Å². The topological polar surface area (TPSA) is 76.6 Å². The standard InChI is InChI=1S/C12H12ClN5/c1-3-18(4-2)6-5-9-12(13)17-11(8-15)10(7-14)16-9/h5-6H,3-4H2,1-2H3/b6-5+. The van der Waals surface area contributed by atoms with Crippen LogP contribution in [0.4, 0.5) is 0 Å². The molecule has 0 N–H and O–H groups in total. The summed E-state index contributed by atoms with van der Waals surface area (Å²) < 4.78 is 0. The van der Waals surface area contributed by atoms with Gasteiger partial charge in [0.15, 0.2) is 16.5 Å². The summed E-state index contributed by atoms with van der Waals surface area (Å²) >= 11 is 5.90. The van der Waals surface area contributed by atoms with Gasteiger partial charge in [0.2, 0.25) is 0 Å². The fourth-order valence-corrected chi connectivity index (χ4v) is 1.49. The number of nitriles is 2. The molecule has 0 aliphatic heterocycles. The van der Waals surface area contributed by atoms with Gasteiger partial charge < -0.3 is 4.90 Å². The molecule has 0 atom stereocenters. The average Bonchev–Trinajstić information content (AvgIpc) is 2.40. The minimum absolute atomic E-state index is 0.0129. The maximum Gasteiger partial charge on any atom is 0.178 e. The molecule has 5 nitrogen and oxygen atoms in total. The molecule has 1 rings (SSSR count). The summed E-state index contributed by atoms with van der Waals surface area (Å²) in [4.78, 5) is 9.90. The largest absolute Gasteiger partial charge is 0.378 e. The van der Waals surface area contributed by atoms with Crippen molar-refractivity contribution < 1.29 is 0 Å². The Kier molecular flexibility index (Phi) is 5.10. The average molecular weight is 262 g/mol. The molecule has 0 aromatic carbocycles. The maximum absolute atomic E-state index is 8.85. The van der Waals surface area contributed by atoms with E-state index in [0.29, 0.717) is 5.69 Å². The van der Waals surface area contributed by atoms with Gasteiger partial charge in [0.1, 0.15) is 17.8 Å². The SMILES string of the molecule is CCN(/C=C/c1nc(C#N)c(C#N)nc1Cl)CC. The molecule has 18 heavy (non-hydrogen) atoms. The Morgan fingerprint density at radius 1 is 1.17 bits per heavy atom. The third-order valence-corrected chi connectivity index (χ3v) is 2.62. The van der Waals surface area contributed by atoms with Crippen LogP contribution in [0.2, 0.25) is 5.15 Å². The van der Waals surface area contributed by atoms with E-state index < -0.39 is 0 Å². The zero-order valence-corrected chi connectivity index (χ0v) is 10.9. The fourth-order valence-electron chi connectivity index (χ4n) is 1.30. The molecule has 0 radical (unpaired) electrons. The third kappa shape index (κ3) is 3.19. The first-order valence-electron chi connectivity index (χ1n) is 5.46. The molecule has 0 unspecified atom stereocenters. The van der Waals surface area contributed by atoms with Crippen molar-refractivity contribution in [3.63, 3.8) is 0 Å². The summed E-state index contributed by atoms with van der Waals surface area (Å²) in [6, 6.07) is 3.61. The van der Waals surface area contributed by atoms with Gasteiger partial charge in [0.25, 0.3) is 0 Å². The van der Waals surface area contributed by atoms with Crippen molar-refractivity contribution in [2.24, 2.45) is 0 Å². The van der Waals surface area contributed by atoms with Gasteiger partial charge in [0, 0.05) is 19.3 Å². The van der Waals surface area contributed by atoms with Crippen LogP contribution in [0.25, 0.3) is 6.08 Å². The minimum Gasteiger partial charge on any atom is -0.378 e. The molecular formula is C12H12ClN5. The molecule has 1 aromatic rings. The van der Waals surface area contributed by atoms with E-state index in [1.165, 1.54) is 0 Å². The lowest BCUT2D eigenvalue weighted by Crippen LogP contribution is -2.15. The van der Waals surface area contributed by atoms with Gasteiger partial charge in [0.05, 0.1) is 0 Å². The first-order chi connectivity index (χ1) is 8.65. The van der Waals surface area contributed by atoms with E-state index in [1.807, 2.05) is 31.0 Å². The highest BCUT2D eigenvalue weighted by molar-refractivity contribution is 6.30. The van der Waals surface area contributed by atoms with E-state index >= 15 is 0 Å². The lowest BCUT2D eigenvalue weighted by atomic mass is 10.3. The summed E-state index contributed by atoms with van der Waals surface area (Å²) in [5.41, 5.74) is 0.322. The van der Waals surface area contributed by atoms with Crippen molar-refractivity contribution >= 4 is 17.7 Å². The van der Waals surface area contributed by atoms with Crippen molar-refractivity contribution in [2.45, 2.75) is 13.8 Å². The lowest BCUT2D eigenvalue weighted by molar-refractivity contribution is 0.421. The van der Waals surface area contributed by atoms with Crippen molar-refractivity contribution in [3.8, 4) is 12.1 Å². The van der Waals surface area contributed by atoms with Gasteiger partial charge in [-0.15, -0.1) is 0 Å². The van der Waals surface area contributed by atoms with E-state index in [9.17, 15) is 0 Å². The Labute approximate surface area is 111 Å². The van der Waals surface area contributed by atoms with Crippen molar-refractivity contribution in [1.29, 1.82) is 10.5 Å². The quantitative estimate of drug-likeness (QED) is 0.830. The third-order valence-electron chi connectivity index (χ3n) is 2.35. The number of hydrogen-bond donors (Lipinski definition) is 0. The number of hydrogen-bond acceptors (Lipinski definition) is 5. The van der Waals surface area contributed by atoms with E-state index in [1.54, 1.807) is 12.1 Å². The number of aromatic nitrogens is 2. The van der Waals surface area contributed by atoms with Crippen LogP contribution in [0.1, 0.15) is 30.9 Å². The lowest BCUT2D eigenvalue weighted by Gasteiger charge is -2.14. The van der Waals surface area contributed by atoms with Crippen LogP contribution in [0.3, 0.4) is 0 Å². The molecule has 0 bridgehead atoms. The highest BCUT2D eigenvalue weighted by Crippen LogP contribution is 2.15. The smallest absolute Gasteiger partial charge is 0.178 e. The molecule has 1 aromatic heterocycles. The summed E-state index contributed by atoms with van der Waals surface area (Å²) in [6.45, 7) is 5.78. The Balaban J connectivity index is 3.12. The number of nitrogens with zero attached hydrogens (tertiary/aromatic N) is 5. The van der Waals surface area contributed by atoms with Gasteiger partial charge in [-0.2, -0.15) is 10.5 Å². The molecule has 6 heteroatoms. The van der Waals surface area contributed by atoms with Gasteiger partial charge >= 0.3 is 0 Å². The molecule has 1 heterocycles. The molecule has 0 aliphatic carbocycles. The van der Waals surface area contributed by atoms with Crippen LogP contribution in [-0.4, -0.2) is 28.0 Å². The van der Waals surface area contributed by atoms with Gasteiger partial charge in [-0.1, -0.05) is 11.6 Å². The summed E-state index contributed by atoms with van der Waals surface area (Å²) in [5, 5.41) is 17.7. The first-order valence-corrected chi connectivity index (χ1v) is 5.84. The van der Waals surface area contributed by atoms with Gasteiger partial charge in [-0.3, -0.25) is 0 Å². The van der Waals surface area contributed by atoms with Crippen LogP contribution in [0.5, 0.6) is 0 Å². The highest BCUT2D eigenvalue weighted by atomic mass is 35.5. The fraction of sp³-hybridized carbons (Fsp3) is 0.333. The van der Waals surface area contributed by atoms with E-state index in [2.05, 4.69) is 9.97 Å². The Bertz CT molecular complexity index is 535. The van der Waals surface area contributed by atoms with E-state index in [4.69, 9.17) is 22.1 Å². The molecule has 92 valence electrons. The van der Waals surface area contributed by atoms with E-state index in [-0.39, 0.29) is 16.5 Å². The molecule has 0 spiro atoms. The van der Waals surface area contributed by atoms with Crippen molar-refractivity contribution in [1.82, 2.24) is 14.9 Å². The molecule has 0 saturated carbocycles. The van der Waals surface area contributed by atoms with Gasteiger partial charge in [-0.25, -0.2) is 9.97 Å². The Morgan fingerprint density at radius 3 is 2.22 bits per heavy atom. The molecule has 0 aliphatic rings. The predicted molar refractivity (Wildman–Crippen MR) is 68.4 cm³/mol. The molecular weight excluding hydrogens is 250 g/mol. The van der Waals surface area contributed by atoms with Crippen LogP contribution in [0, 0.1) is 22.7 Å². The highest BCUT2D eigenvalue weighted by Gasteiger charge is 2.10. The number of rotatable bonds is 4. The predicted octanol–water partition coefficient (Wildman–Crippen LogP) is 2.19. The van der Waals surface area contributed by atoms with Crippen LogP contribution in [-0.2, 0) is 0 Å². The zero-order chi connectivity index (χ0) is 13.5. The monoisotopic (exact) mass is 261 g/mol. The van der Waals surface area contributed by atoms with Gasteiger partial charge in [-0.05, 0) is 19.9 Å². The van der Waals surface area contributed by atoms with Crippen molar-refractivity contribution in [2.75, 3.05) is 13.1 Å². The molecule has 0 saturated heterocycles. The number of halogens is 1. The zero-order valence-electron chi connectivity index (χ0n) is 10.2. The molecule has 0 fully saturated rings. The first kappa shape index (κ1) is 14.0. The molecule has 0 amide bonds. The minimum atomic E-state index is -0.0533. The summed E-state index contributed by atoms with van der Waals surface area (Å²) in [5.74, 6) is 0. The second-order valence-electron chi connectivity index (χ2n) is 3.36. The normalized spacial score (nSPS) is 10.1. The second kappa shape index (κ2) is 6.58.